The molecule has 4 heteroatoms. The molecular weight excluding hydrogens is 268 g/mol. The van der Waals surface area contributed by atoms with Gasteiger partial charge in [0.15, 0.2) is 0 Å². The molecule has 112 valence electrons. The van der Waals surface area contributed by atoms with Gasteiger partial charge in [-0.25, -0.2) is 0 Å². The Hall–Kier alpha value is -0.870. The van der Waals surface area contributed by atoms with Gasteiger partial charge in [0.25, 0.3) is 0 Å². The molecule has 1 aliphatic carbocycles. The van der Waals surface area contributed by atoms with Crippen molar-refractivity contribution in [1.29, 1.82) is 0 Å². The molecule has 2 unspecified atom stereocenters. The van der Waals surface area contributed by atoms with Crippen molar-refractivity contribution in [1.82, 2.24) is 5.32 Å². The fraction of sp³-hybridized carbons (Fsp3) is 0.688. The molecule has 0 bridgehead atoms. The first kappa shape index (κ1) is 15.5. The van der Waals surface area contributed by atoms with E-state index in [0.717, 1.165) is 0 Å². The summed E-state index contributed by atoms with van der Waals surface area (Å²) < 4.78 is 0. The Balaban J connectivity index is 1.99. The molecule has 1 amide bonds. The maximum atomic E-state index is 12.2. The van der Waals surface area contributed by atoms with E-state index in [0.29, 0.717) is 18.3 Å². The van der Waals surface area contributed by atoms with Gasteiger partial charge in [-0.3, -0.25) is 4.79 Å². The molecule has 3 N–H and O–H groups in total. The molecule has 1 aromatic heterocycles. The second-order valence-electron chi connectivity index (χ2n) is 6.22. The summed E-state index contributed by atoms with van der Waals surface area (Å²) in [4.78, 5) is 13.5. The minimum absolute atomic E-state index is 0.0532. The van der Waals surface area contributed by atoms with E-state index in [4.69, 9.17) is 5.73 Å². The summed E-state index contributed by atoms with van der Waals surface area (Å²) in [7, 11) is 0. The summed E-state index contributed by atoms with van der Waals surface area (Å²) in [6.07, 6.45) is 5.44. The summed E-state index contributed by atoms with van der Waals surface area (Å²) in [5.74, 6) is 1.02. The molecule has 0 spiro atoms. The van der Waals surface area contributed by atoms with Crippen LogP contribution in [0, 0.1) is 11.8 Å². The third kappa shape index (κ3) is 4.06. The summed E-state index contributed by atoms with van der Waals surface area (Å²) >= 11 is 1.74. The van der Waals surface area contributed by atoms with E-state index in [9.17, 15) is 4.79 Å². The molecule has 1 heterocycles. The SMILES string of the molecule is CC(C)C(N)CC(=O)NC(c1cccs1)C1CCCC1. The molecule has 0 aliphatic heterocycles. The highest BCUT2D eigenvalue weighted by molar-refractivity contribution is 7.10. The van der Waals surface area contributed by atoms with E-state index < -0.39 is 0 Å². The van der Waals surface area contributed by atoms with Crippen LogP contribution in [-0.4, -0.2) is 11.9 Å². The van der Waals surface area contributed by atoms with E-state index in [1.807, 2.05) is 0 Å². The lowest BCUT2D eigenvalue weighted by atomic mass is 9.95. The quantitative estimate of drug-likeness (QED) is 0.844. The summed E-state index contributed by atoms with van der Waals surface area (Å²) in [6, 6.07) is 4.33. The molecule has 1 fully saturated rings. The number of carbonyl (C=O) groups excluding carboxylic acids is 1. The third-order valence-electron chi connectivity index (χ3n) is 4.31. The minimum Gasteiger partial charge on any atom is -0.348 e. The maximum absolute atomic E-state index is 12.2. The van der Waals surface area contributed by atoms with Crippen molar-refractivity contribution < 1.29 is 4.79 Å². The van der Waals surface area contributed by atoms with Crippen LogP contribution < -0.4 is 11.1 Å². The number of carbonyl (C=O) groups is 1. The average Bonchev–Trinajstić information content (AvgIpc) is 3.09. The zero-order chi connectivity index (χ0) is 14.5. The standard InChI is InChI=1S/C16H26N2OS/c1-11(2)13(17)10-15(19)18-16(12-6-3-4-7-12)14-8-5-9-20-14/h5,8-9,11-13,16H,3-4,6-7,10,17H2,1-2H3,(H,18,19). The molecule has 20 heavy (non-hydrogen) atoms. The molecule has 1 aromatic rings. The number of hydrogen-bond donors (Lipinski definition) is 2. The number of rotatable bonds is 6. The first-order valence-electron chi connectivity index (χ1n) is 7.66. The van der Waals surface area contributed by atoms with Gasteiger partial charge in [-0.05, 0) is 36.1 Å². The Labute approximate surface area is 125 Å². The van der Waals surface area contributed by atoms with Crippen LogP contribution in [0.5, 0.6) is 0 Å². The zero-order valence-corrected chi connectivity index (χ0v) is 13.3. The van der Waals surface area contributed by atoms with Crippen LogP contribution in [0.1, 0.15) is 56.9 Å². The van der Waals surface area contributed by atoms with E-state index in [2.05, 4.69) is 36.7 Å². The predicted octanol–water partition coefficient (Wildman–Crippen LogP) is 3.47. The lowest BCUT2D eigenvalue weighted by Gasteiger charge is -2.25. The second kappa shape index (κ2) is 7.23. The van der Waals surface area contributed by atoms with Crippen LogP contribution in [0.2, 0.25) is 0 Å². The van der Waals surface area contributed by atoms with Crippen molar-refractivity contribution in [3.05, 3.63) is 22.4 Å². The van der Waals surface area contributed by atoms with Gasteiger partial charge in [-0.15, -0.1) is 11.3 Å². The first-order valence-corrected chi connectivity index (χ1v) is 8.54. The zero-order valence-electron chi connectivity index (χ0n) is 12.5. The Morgan fingerprint density at radius 3 is 2.70 bits per heavy atom. The van der Waals surface area contributed by atoms with Gasteiger partial charge in [0, 0.05) is 17.3 Å². The Kier molecular flexibility index (Phi) is 5.61. The van der Waals surface area contributed by atoms with Gasteiger partial charge < -0.3 is 11.1 Å². The lowest BCUT2D eigenvalue weighted by Crippen LogP contribution is -2.38. The highest BCUT2D eigenvalue weighted by Gasteiger charge is 2.28. The molecule has 1 saturated carbocycles. The summed E-state index contributed by atoms with van der Waals surface area (Å²) in [5, 5.41) is 5.33. The highest BCUT2D eigenvalue weighted by Crippen LogP contribution is 2.37. The Bertz CT molecular complexity index is 410. The third-order valence-corrected chi connectivity index (χ3v) is 5.27. The van der Waals surface area contributed by atoms with Gasteiger partial charge in [0.2, 0.25) is 5.91 Å². The first-order chi connectivity index (χ1) is 9.58. The van der Waals surface area contributed by atoms with Crippen molar-refractivity contribution in [2.45, 2.75) is 58.0 Å². The lowest BCUT2D eigenvalue weighted by molar-refractivity contribution is -0.122. The Morgan fingerprint density at radius 2 is 2.15 bits per heavy atom. The molecule has 3 nitrogen and oxygen atoms in total. The maximum Gasteiger partial charge on any atom is 0.222 e. The van der Waals surface area contributed by atoms with Crippen LogP contribution in [0.4, 0.5) is 0 Å². The normalized spacial score (nSPS) is 19.2. The second-order valence-corrected chi connectivity index (χ2v) is 7.20. The van der Waals surface area contributed by atoms with Crippen LogP contribution >= 0.6 is 11.3 Å². The molecule has 2 atom stereocenters. The molecular formula is C16H26N2OS. The molecule has 0 radical (unpaired) electrons. The summed E-state index contributed by atoms with van der Waals surface area (Å²) in [6.45, 7) is 4.12. The van der Waals surface area contributed by atoms with Gasteiger partial charge in [-0.1, -0.05) is 32.8 Å². The number of thiophene rings is 1. The fourth-order valence-electron chi connectivity index (χ4n) is 2.86. The molecule has 2 rings (SSSR count). The number of hydrogen-bond acceptors (Lipinski definition) is 3. The molecule has 1 aliphatic rings. The van der Waals surface area contributed by atoms with Crippen molar-refractivity contribution in [3.63, 3.8) is 0 Å². The summed E-state index contributed by atoms with van der Waals surface area (Å²) in [5.41, 5.74) is 6.01. The Morgan fingerprint density at radius 1 is 1.45 bits per heavy atom. The topological polar surface area (TPSA) is 55.1 Å². The van der Waals surface area contributed by atoms with Gasteiger partial charge in [0.1, 0.15) is 0 Å². The van der Waals surface area contributed by atoms with Crippen LogP contribution in [-0.2, 0) is 4.79 Å². The van der Waals surface area contributed by atoms with Gasteiger partial charge in [0.05, 0.1) is 6.04 Å². The largest absolute Gasteiger partial charge is 0.348 e. The van der Waals surface area contributed by atoms with E-state index in [1.165, 1.54) is 30.6 Å². The van der Waals surface area contributed by atoms with Gasteiger partial charge >= 0.3 is 0 Å². The van der Waals surface area contributed by atoms with Crippen LogP contribution in [0.15, 0.2) is 17.5 Å². The van der Waals surface area contributed by atoms with E-state index in [-0.39, 0.29) is 18.0 Å². The highest BCUT2D eigenvalue weighted by atomic mass is 32.1. The number of amides is 1. The smallest absolute Gasteiger partial charge is 0.222 e. The van der Waals surface area contributed by atoms with E-state index in [1.54, 1.807) is 11.3 Å². The number of nitrogens with two attached hydrogens (primary N) is 1. The average molecular weight is 294 g/mol. The van der Waals surface area contributed by atoms with Crippen molar-refractivity contribution in [2.75, 3.05) is 0 Å². The van der Waals surface area contributed by atoms with Crippen LogP contribution in [0.3, 0.4) is 0 Å². The molecule has 0 saturated heterocycles. The molecule has 0 aromatic carbocycles. The van der Waals surface area contributed by atoms with Crippen LogP contribution in [0.25, 0.3) is 0 Å². The van der Waals surface area contributed by atoms with Crippen molar-refractivity contribution in [2.24, 2.45) is 17.6 Å². The van der Waals surface area contributed by atoms with E-state index >= 15 is 0 Å². The predicted molar refractivity (Wildman–Crippen MR) is 84.6 cm³/mol. The van der Waals surface area contributed by atoms with Crippen molar-refractivity contribution >= 4 is 17.2 Å². The van der Waals surface area contributed by atoms with Crippen molar-refractivity contribution in [3.8, 4) is 0 Å². The number of nitrogens with one attached hydrogen (secondary N) is 1. The minimum atomic E-state index is -0.0532. The monoisotopic (exact) mass is 294 g/mol. The fourth-order valence-corrected chi connectivity index (χ4v) is 3.73. The van der Waals surface area contributed by atoms with Gasteiger partial charge in [-0.2, -0.15) is 0 Å².